The van der Waals surface area contributed by atoms with Crippen molar-refractivity contribution in [1.82, 2.24) is 5.32 Å². The Kier molecular flexibility index (Phi) is 5.76. The molecule has 0 radical (unpaired) electrons. The van der Waals surface area contributed by atoms with E-state index in [0.717, 1.165) is 25.0 Å². The zero-order chi connectivity index (χ0) is 13.5. The highest BCUT2D eigenvalue weighted by molar-refractivity contribution is 5.21. The van der Waals surface area contributed by atoms with Crippen LogP contribution in [-0.2, 0) is 0 Å². The van der Waals surface area contributed by atoms with Crippen molar-refractivity contribution < 1.29 is 13.9 Å². The summed E-state index contributed by atoms with van der Waals surface area (Å²) in [5, 5.41) is 12.8. The molecule has 1 aromatic rings. The number of halogens is 2. The summed E-state index contributed by atoms with van der Waals surface area (Å²) in [4.78, 5) is 0. The Bertz CT molecular complexity index is 428. The predicted molar refractivity (Wildman–Crippen MR) is 66.8 cm³/mol. The molecule has 0 aliphatic heterocycles. The van der Waals surface area contributed by atoms with Gasteiger partial charge in [-0.3, -0.25) is 0 Å². The normalized spacial score (nSPS) is 13.9. The number of terminal acetylenes is 1. The van der Waals surface area contributed by atoms with Crippen molar-refractivity contribution in [3.8, 4) is 12.3 Å². The summed E-state index contributed by atoms with van der Waals surface area (Å²) >= 11 is 0. The Morgan fingerprint density at radius 1 is 1.44 bits per heavy atom. The van der Waals surface area contributed by atoms with Crippen molar-refractivity contribution in [2.75, 3.05) is 6.54 Å². The highest BCUT2D eigenvalue weighted by Gasteiger charge is 2.14. The molecule has 0 fully saturated rings. The van der Waals surface area contributed by atoms with Crippen molar-refractivity contribution in [2.45, 2.75) is 31.9 Å². The third-order valence-electron chi connectivity index (χ3n) is 2.66. The second-order valence-electron chi connectivity index (χ2n) is 4.10. The zero-order valence-corrected chi connectivity index (χ0v) is 10.3. The molecule has 0 aromatic heterocycles. The third-order valence-corrected chi connectivity index (χ3v) is 2.66. The summed E-state index contributed by atoms with van der Waals surface area (Å²) in [6.07, 6.45) is 5.98. The highest BCUT2D eigenvalue weighted by atomic mass is 19.1. The van der Waals surface area contributed by atoms with E-state index in [-0.39, 0.29) is 18.2 Å². The van der Waals surface area contributed by atoms with Gasteiger partial charge in [-0.05, 0) is 12.5 Å². The molecule has 2 N–H and O–H groups in total. The molecule has 0 bridgehead atoms. The quantitative estimate of drug-likeness (QED) is 0.763. The van der Waals surface area contributed by atoms with E-state index in [1.165, 1.54) is 6.07 Å². The molecule has 1 aromatic carbocycles. The fourth-order valence-electron chi connectivity index (χ4n) is 1.67. The molecular weight excluding hydrogens is 236 g/mol. The number of aliphatic hydroxyl groups excluding tert-OH is 1. The molecule has 0 aliphatic rings. The highest BCUT2D eigenvalue weighted by Crippen LogP contribution is 2.17. The predicted octanol–water partition coefficient (Wildman–Crippen LogP) is 2.39. The number of rotatable bonds is 6. The largest absolute Gasteiger partial charge is 0.387 e. The van der Waals surface area contributed by atoms with Crippen LogP contribution in [0.2, 0.25) is 0 Å². The van der Waals surface area contributed by atoms with Crippen molar-refractivity contribution in [3.63, 3.8) is 0 Å². The molecule has 0 spiro atoms. The van der Waals surface area contributed by atoms with Crippen molar-refractivity contribution in [1.29, 1.82) is 0 Å². The van der Waals surface area contributed by atoms with Crippen LogP contribution in [0, 0.1) is 24.0 Å². The van der Waals surface area contributed by atoms with Gasteiger partial charge < -0.3 is 10.4 Å². The van der Waals surface area contributed by atoms with Crippen molar-refractivity contribution >= 4 is 0 Å². The summed E-state index contributed by atoms with van der Waals surface area (Å²) in [6.45, 7) is 2.14. The van der Waals surface area contributed by atoms with E-state index in [4.69, 9.17) is 6.42 Å². The second-order valence-corrected chi connectivity index (χ2v) is 4.10. The van der Waals surface area contributed by atoms with Crippen LogP contribution < -0.4 is 5.32 Å². The van der Waals surface area contributed by atoms with E-state index in [0.29, 0.717) is 0 Å². The SMILES string of the molecule is C#CC(CCC)NCC(O)c1ccc(F)cc1F. The van der Waals surface area contributed by atoms with Gasteiger partial charge in [0.2, 0.25) is 0 Å². The lowest BCUT2D eigenvalue weighted by atomic mass is 10.1. The summed E-state index contributed by atoms with van der Waals surface area (Å²) in [6, 6.07) is 2.96. The molecular formula is C14H17F2NO. The van der Waals surface area contributed by atoms with Gasteiger partial charge in [0, 0.05) is 18.2 Å². The fourth-order valence-corrected chi connectivity index (χ4v) is 1.67. The molecule has 4 heteroatoms. The van der Waals surface area contributed by atoms with E-state index >= 15 is 0 Å². The number of nitrogens with one attached hydrogen (secondary N) is 1. The molecule has 0 amide bonds. The summed E-state index contributed by atoms with van der Waals surface area (Å²) in [5.41, 5.74) is 0.0659. The first-order valence-electron chi connectivity index (χ1n) is 5.91. The van der Waals surface area contributed by atoms with Crippen LogP contribution >= 0.6 is 0 Å². The van der Waals surface area contributed by atoms with E-state index < -0.39 is 17.7 Å². The molecule has 0 saturated carbocycles. The maximum absolute atomic E-state index is 13.4. The monoisotopic (exact) mass is 253 g/mol. The Labute approximate surface area is 106 Å². The van der Waals surface area contributed by atoms with Crippen LogP contribution in [0.25, 0.3) is 0 Å². The molecule has 0 aliphatic carbocycles. The summed E-state index contributed by atoms with van der Waals surface area (Å²) in [7, 11) is 0. The van der Waals surface area contributed by atoms with Gasteiger partial charge in [-0.25, -0.2) is 8.78 Å². The smallest absolute Gasteiger partial charge is 0.131 e. The first-order valence-corrected chi connectivity index (χ1v) is 5.91. The van der Waals surface area contributed by atoms with Crippen LogP contribution in [0.3, 0.4) is 0 Å². The Balaban J connectivity index is 2.60. The molecule has 2 atom stereocenters. The number of hydrogen-bond acceptors (Lipinski definition) is 2. The van der Waals surface area contributed by atoms with Crippen LogP contribution in [-0.4, -0.2) is 17.7 Å². The van der Waals surface area contributed by atoms with Crippen LogP contribution in [0.15, 0.2) is 18.2 Å². The standard InChI is InChI=1S/C14H17F2NO/c1-3-5-11(4-2)17-9-14(18)12-7-6-10(15)8-13(12)16/h2,6-8,11,14,17-18H,3,5,9H2,1H3. The maximum Gasteiger partial charge on any atom is 0.131 e. The average Bonchev–Trinajstić information content (AvgIpc) is 2.34. The molecule has 2 unspecified atom stereocenters. The Morgan fingerprint density at radius 2 is 2.17 bits per heavy atom. The zero-order valence-electron chi connectivity index (χ0n) is 10.3. The number of hydrogen-bond donors (Lipinski definition) is 2. The first-order chi connectivity index (χ1) is 8.58. The summed E-state index contributed by atoms with van der Waals surface area (Å²) in [5.74, 6) is 1.14. The van der Waals surface area contributed by atoms with Gasteiger partial charge in [-0.1, -0.05) is 25.3 Å². The third kappa shape index (κ3) is 4.10. The first kappa shape index (κ1) is 14.6. The van der Waals surface area contributed by atoms with Gasteiger partial charge in [0.15, 0.2) is 0 Å². The van der Waals surface area contributed by atoms with Gasteiger partial charge in [0.25, 0.3) is 0 Å². The second kappa shape index (κ2) is 7.10. The molecule has 98 valence electrons. The van der Waals surface area contributed by atoms with Crippen LogP contribution in [0.4, 0.5) is 8.78 Å². The summed E-state index contributed by atoms with van der Waals surface area (Å²) < 4.78 is 26.1. The average molecular weight is 253 g/mol. The Morgan fingerprint density at radius 3 is 2.72 bits per heavy atom. The minimum absolute atomic E-state index is 0.0659. The van der Waals surface area contributed by atoms with E-state index in [9.17, 15) is 13.9 Å². The number of aliphatic hydroxyl groups is 1. The van der Waals surface area contributed by atoms with Gasteiger partial charge in [-0.2, -0.15) is 0 Å². The van der Waals surface area contributed by atoms with Crippen molar-refractivity contribution in [2.24, 2.45) is 0 Å². The number of benzene rings is 1. The molecule has 18 heavy (non-hydrogen) atoms. The van der Waals surface area contributed by atoms with Gasteiger partial charge >= 0.3 is 0 Å². The van der Waals surface area contributed by atoms with Crippen molar-refractivity contribution in [3.05, 3.63) is 35.4 Å². The fraction of sp³-hybridized carbons (Fsp3) is 0.429. The van der Waals surface area contributed by atoms with Gasteiger partial charge in [-0.15, -0.1) is 6.42 Å². The molecule has 2 nitrogen and oxygen atoms in total. The van der Waals surface area contributed by atoms with E-state index in [1.54, 1.807) is 0 Å². The Hall–Kier alpha value is -1.44. The molecule has 1 rings (SSSR count). The van der Waals surface area contributed by atoms with Gasteiger partial charge in [0.1, 0.15) is 11.6 Å². The molecule has 0 saturated heterocycles. The molecule has 0 heterocycles. The van der Waals surface area contributed by atoms with E-state index in [1.807, 2.05) is 6.92 Å². The maximum atomic E-state index is 13.4. The minimum atomic E-state index is -1.04. The van der Waals surface area contributed by atoms with E-state index in [2.05, 4.69) is 11.2 Å². The lowest BCUT2D eigenvalue weighted by Crippen LogP contribution is -2.31. The minimum Gasteiger partial charge on any atom is -0.387 e. The van der Waals surface area contributed by atoms with Gasteiger partial charge in [0.05, 0.1) is 12.1 Å². The van der Waals surface area contributed by atoms with Crippen LogP contribution in [0.5, 0.6) is 0 Å². The lowest BCUT2D eigenvalue weighted by molar-refractivity contribution is 0.167. The topological polar surface area (TPSA) is 32.3 Å². The lowest BCUT2D eigenvalue weighted by Gasteiger charge is -2.16. The van der Waals surface area contributed by atoms with Crippen LogP contribution in [0.1, 0.15) is 31.4 Å².